The number of nitrogens with one attached hydrogen (secondary N) is 1. The van der Waals surface area contributed by atoms with Gasteiger partial charge in [-0.1, -0.05) is 34.8 Å². The van der Waals surface area contributed by atoms with Crippen molar-refractivity contribution in [2.24, 2.45) is 5.92 Å². The molecule has 1 aromatic rings. The van der Waals surface area contributed by atoms with Gasteiger partial charge in [0.1, 0.15) is 0 Å². The predicted molar refractivity (Wildman–Crippen MR) is 95.9 cm³/mol. The van der Waals surface area contributed by atoms with E-state index in [9.17, 15) is 0 Å². The van der Waals surface area contributed by atoms with E-state index < -0.39 is 0 Å². The highest BCUT2D eigenvalue weighted by Gasteiger charge is 2.39. The molecule has 1 aliphatic carbocycles. The first-order valence-electron chi connectivity index (χ1n) is 6.76. The summed E-state index contributed by atoms with van der Waals surface area (Å²) in [5.41, 5.74) is 1.03. The van der Waals surface area contributed by atoms with Gasteiger partial charge in [0.05, 0.1) is 10.0 Å². The van der Waals surface area contributed by atoms with Gasteiger partial charge in [-0.15, -0.1) is 24.8 Å². The molecule has 0 bridgehead atoms. The van der Waals surface area contributed by atoms with Crippen LogP contribution in [-0.4, -0.2) is 31.1 Å². The van der Waals surface area contributed by atoms with Gasteiger partial charge in [-0.25, -0.2) is 0 Å². The highest BCUT2D eigenvalue weighted by atomic mass is 35.5. The second-order valence-corrected chi connectivity index (χ2v) is 6.52. The third-order valence-electron chi connectivity index (χ3n) is 3.99. The Labute approximate surface area is 153 Å². The molecule has 0 aromatic heterocycles. The Balaban J connectivity index is 0.00000110. The first-order valence-corrected chi connectivity index (χ1v) is 7.90. The zero-order chi connectivity index (χ0) is 13.4. The maximum atomic E-state index is 6.43. The molecule has 2 nitrogen and oxygen atoms in total. The van der Waals surface area contributed by atoms with Gasteiger partial charge in [0, 0.05) is 42.8 Å². The van der Waals surface area contributed by atoms with E-state index in [1.165, 1.54) is 12.8 Å². The maximum Gasteiger partial charge on any atom is 0.0655 e. The number of rotatable bonds is 3. The van der Waals surface area contributed by atoms with Crippen LogP contribution in [-0.2, 0) is 0 Å². The molecule has 3 rings (SSSR count). The van der Waals surface area contributed by atoms with Gasteiger partial charge >= 0.3 is 0 Å². The molecule has 0 amide bonds. The van der Waals surface area contributed by atoms with Gasteiger partial charge in [0.15, 0.2) is 0 Å². The van der Waals surface area contributed by atoms with E-state index in [-0.39, 0.29) is 24.8 Å². The Hall–Kier alpha value is 0.590. The first kappa shape index (κ1) is 19.6. The molecule has 0 spiro atoms. The third kappa shape index (κ3) is 4.32. The third-order valence-corrected chi connectivity index (χ3v) is 5.14. The van der Waals surface area contributed by atoms with E-state index in [1.54, 1.807) is 6.07 Å². The van der Waals surface area contributed by atoms with Crippen LogP contribution in [0.4, 0.5) is 0 Å². The van der Waals surface area contributed by atoms with Crippen molar-refractivity contribution in [1.82, 2.24) is 10.2 Å². The van der Waals surface area contributed by atoms with Crippen molar-refractivity contribution in [3.8, 4) is 0 Å². The molecule has 0 radical (unpaired) electrons. The zero-order valence-corrected chi connectivity index (χ0v) is 15.4. The molecule has 1 saturated heterocycles. The summed E-state index contributed by atoms with van der Waals surface area (Å²) in [6, 6.07) is 3.96. The van der Waals surface area contributed by atoms with E-state index in [2.05, 4.69) is 10.2 Å². The van der Waals surface area contributed by atoms with Crippen LogP contribution in [0.5, 0.6) is 0 Å². The Morgan fingerprint density at radius 2 is 1.57 bits per heavy atom. The minimum Gasteiger partial charge on any atom is -0.314 e. The largest absolute Gasteiger partial charge is 0.314 e. The van der Waals surface area contributed by atoms with Crippen LogP contribution < -0.4 is 5.32 Å². The number of hydrogen-bond acceptors (Lipinski definition) is 2. The zero-order valence-electron chi connectivity index (χ0n) is 11.4. The molecule has 1 aromatic carbocycles. The smallest absolute Gasteiger partial charge is 0.0655 e. The van der Waals surface area contributed by atoms with Crippen LogP contribution in [0.15, 0.2) is 12.1 Å². The summed E-state index contributed by atoms with van der Waals surface area (Å²) < 4.78 is 0. The number of nitrogens with zero attached hydrogens (tertiary/aromatic N) is 1. The van der Waals surface area contributed by atoms with Gasteiger partial charge < -0.3 is 5.32 Å². The summed E-state index contributed by atoms with van der Waals surface area (Å²) in [7, 11) is 0. The van der Waals surface area contributed by atoms with Crippen molar-refractivity contribution in [2.75, 3.05) is 26.2 Å². The lowest BCUT2D eigenvalue weighted by Crippen LogP contribution is -2.45. The fourth-order valence-corrected chi connectivity index (χ4v) is 3.66. The number of piperazine rings is 1. The Morgan fingerprint density at radius 3 is 2.14 bits per heavy atom. The molecule has 21 heavy (non-hydrogen) atoms. The van der Waals surface area contributed by atoms with Gasteiger partial charge in [-0.3, -0.25) is 4.90 Å². The van der Waals surface area contributed by atoms with E-state index in [4.69, 9.17) is 34.8 Å². The lowest BCUT2D eigenvalue weighted by Gasteiger charge is -2.36. The quantitative estimate of drug-likeness (QED) is 0.740. The van der Waals surface area contributed by atoms with Crippen molar-refractivity contribution in [1.29, 1.82) is 0 Å². The van der Waals surface area contributed by atoms with Crippen molar-refractivity contribution < 1.29 is 0 Å². The minimum atomic E-state index is 0. The number of benzene rings is 1. The molecule has 1 saturated carbocycles. The SMILES string of the molecule is Cl.Cl.Clc1ccc(Cl)c([C@@H](C2CC2)N2CCNCC2)c1Cl. The fraction of sp³-hybridized carbons (Fsp3) is 0.571. The van der Waals surface area contributed by atoms with E-state index in [1.807, 2.05) is 6.07 Å². The molecular weight excluding hydrogens is 373 g/mol. The first-order chi connectivity index (χ1) is 9.18. The lowest BCUT2D eigenvalue weighted by atomic mass is 9.99. The van der Waals surface area contributed by atoms with Crippen molar-refractivity contribution in [3.05, 3.63) is 32.8 Å². The van der Waals surface area contributed by atoms with Gasteiger partial charge in [0.25, 0.3) is 0 Å². The van der Waals surface area contributed by atoms with Crippen LogP contribution in [0, 0.1) is 5.92 Å². The predicted octanol–water partition coefficient (Wildman–Crippen LogP) is 4.85. The molecular formula is C14H19Cl5N2. The molecule has 1 atom stereocenters. The molecule has 2 aliphatic rings. The summed E-state index contributed by atoms with van der Waals surface area (Å²) in [5.74, 6) is 0.673. The summed E-state index contributed by atoms with van der Waals surface area (Å²) in [6.07, 6.45) is 2.52. The Kier molecular flexibility index (Phi) is 7.90. The van der Waals surface area contributed by atoms with Crippen molar-refractivity contribution >= 4 is 59.6 Å². The van der Waals surface area contributed by atoms with Crippen LogP contribution >= 0.6 is 59.6 Å². The molecule has 120 valence electrons. The van der Waals surface area contributed by atoms with Crippen LogP contribution in [0.1, 0.15) is 24.4 Å². The molecule has 2 fully saturated rings. The van der Waals surface area contributed by atoms with E-state index in [0.717, 1.165) is 36.8 Å². The van der Waals surface area contributed by atoms with Crippen LogP contribution in [0.2, 0.25) is 15.1 Å². The Bertz CT molecular complexity index is 473. The topological polar surface area (TPSA) is 15.3 Å². The average Bonchev–Trinajstić information content (AvgIpc) is 3.24. The van der Waals surface area contributed by atoms with Gasteiger partial charge in [-0.05, 0) is 30.9 Å². The number of hydrogen-bond donors (Lipinski definition) is 1. The molecule has 1 heterocycles. The summed E-state index contributed by atoms with van der Waals surface area (Å²) in [5, 5.41) is 5.36. The van der Waals surface area contributed by atoms with Crippen molar-refractivity contribution in [2.45, 2.75) is 18.9 Å². The second-order valence-electron chi connectivity index (χ2n) is 5.33. The molecule has 1 N–H and O–H groups in total. The van der Waals surface area contributed by atoms with E-state index in [0.29, 0.717) is 22.0 Å². The minimum absolute atomic E-state index is 0. The normalized spacial score (nSPS) is 20.3. The highest BCUT2D eigenvalue weighted by molar-refractivity contribution is 6.44. The summed E-state index contributed by atoms with van der Waals surface area (Å²) >= 11 is 19.0. The lowest BCUT2D eigenvalue weighted by molar-refractivity contribution is 0.156. The van der Waals surface area contributed by atoms with Gasteiger partial charge in [0.2, 0.25) is 0 Å². The average molecular weight is 393 g/mol. The maximum absolute atomic E-state index is 6.43. The fourth-order valence-electron chi connectivity index (χ4n) is 2.90. The monoisotopic (exact) mass is 390 g/mol. The van der Waals surface area contributed by atoms with Crippen LogP contribution in [0.3, 0.4) is 0 Å². The van der Waals surface area contributed by atoms with Crippen LogP contribution in [0.25, 0.3) is 0 Å². The second kappa shape index (κ2) is 8.44. The van der Waals surface area contributed by atoms with Gasteiger partial charge in [-0.2, -0.15) is 0 Å². The molecule has 0 unspecified atom stereocenters. The van der Waals surface area contributed by atoms with Crippen molar-refractivity contribution in [3.63, 3.8) is 0 Å². The summed E-state index contributed by atoms with van der Waals surface area (Å²) in [4.78, 5) is 2.50. The molecule has 7 heteroatoms. The van der Waals surface area contributed by atoms with E-state index >= 15 is 0 Å². The summed E-state index contributed by atoms with van der Waals surface area (Å²) in [6.45, 7) is 4.14. The highest BCUT2D eigenvalue weighted by Crippen LogP contribution is 2.49. The standard InChI is InChI=1S/C14H17Cl3N2.2ClH/c15-10-3-4-11(16)13(17)12(10)14(9-1-2-9)19-7-5-18-6-8-19;;/h3-4,9,14,18H,1-2,5-8H2;2*1H/t14-;;/m1../s1. The molecule has 1 aliphatic heterocycles. The Morgan fingerprint density at radius 1 is 1.00 bits per heavy atom. The number of halogens is 5.